The number of amides is 2. The first-order valence-corrected chi connectivity index (χ1v) is 7.83. The maximum Gasteiger partial charge on any atom is 0.314 e. The zero-order valence-corrected chi connectivity index (χ0v) is 13.3. The van der Waals surface area contributed by atoms with Crippen molar-refractivity contribution in [3.63, 3.8) is 0 Å². The summed E-state index contributed by atoms with van der Waals surface area (Å²) in [4.78, 5) is 19.8. The summed E-state index contributed by atoms with van der Waals surface area (Å²) in [7, 11) is 0. The van der Waals surface area contributed by atoms with E-state index in [1.54, 1.807) is 18.5 Å². The predicted molar refractivity (Wildman–Crippen MR) is 91.4 cm³/mol. The van der Waals surface area contributed by atoms with E-state index in [0.717, 1.165) is 6.42 Å². The molecular weight excluding hydrogens is 290 g/mol. The van der Waals surface area contributed by atoms with Gasteiger partial charge in [-0.15, -0.1) is 0 Å². The molecule has 0 aliphatic carbocycles. The summed E-state index contributed by atoms with van der Waals surface area (Å²) in [5, 5.41) is 8.70. The minimum atomic E-state index is -0.152. The molecule has 0 bridgehead atoms. The lowest BCUT2D eigenvalue weighted by molar-refractivity contribution is 0.241. The number of nitrogens with one attached hydrogen (secondary N) is 3. The number of anilines is 1. The lowest BCUT2D eigenvalue weighted by Crippen LogP contribution is -2.38. The van der Waals surface area contributed by atoms with Gasteiger partial charge in [-0.3, -0.25) is 0 Å². The van der Waals surface area contributed by atoms with Crippen LogP contribution >= 0.6 is 0 Å². The van der Waals surface area contributed by atoms with Crippen molar-refractivity contribution in [3.8, 4) is 0 Å². The Labute approximate surface area is 136 Å². The highest BCUT2D eigenvalue weighted by molar-refractivity contribution is 5.73. The zero-order chi connectivity index (χ0) is 16.3. The number of benzene rings is 1. The third-order valence-electron chi connectivity index (χ3n) is 3.49. The van der Waals surface area contributed by atoms with E-state index in [1.165, 1.54) is 5.56 Å². The molecular formula is C17H23N5O. The van der Waals surface area contributed by atoms with Gasteiger partial charge < -0.3 is 16.0 Å². The maximum absolute atomic E-state index is 11.7. The van der Waals surface area contributed by atoms with Crippen LogP contribution in [0.4, 0.5) is 10.7 Å². The monoisotopic (exact) mass is 313 g/mol. The molecule has 6 nitrogen and oxygen atoms in total. The molecule has 2 amide bonds. The Bertz CT molecular complexity index is 576. The Morgan fingerprint density at radius 3 is 2.43 bits per heavy atom. The van der Waals surface area contributed by atoms with Crippen molar-refractivity contribution >= 4 is 12.0 Å². The molecule has 2 aromatic rings. The van der Waals surface area contributed by atoms with E-state index in [-0.39, 0.29) is 6.03 Å². The molecule has 0 saturated carbocycles. The fraction of sp³-hybridized carbons (Fsp3) is 0.353. The van der Waals surface area contributed by atoms with E-state index < -0.39 is 0 Å². The average molecular weight is 313 g/mol. The van der Waals surface area contributed by atoms with Gasteiger partial charge in [-0.2, -0.15) is 0 Å². The van der Waals surface area contributed by atoms with Gasteiger partial charge in [0.2, 0.25) is 5.95 Å². The van der Waals surface area contributed by atoms with Crippen LogP contribution in [0.3, 0.4) is 0 Å². The number of aromatic nitrogens is 2. The highest BCUT2D eigenvalue weighted by atomic mass is 16.2. The SMILES string of the molecule is C[C@@H](CCNC(=O)NCCNc1ncccn1)c1ccccc1. The maximum atomic E-state index is 11.7. The van der Waals surface area contributed by atoms with Crippen LogP contribution in [0.2, 0.25) is 0 Å². The summed E-state index contributed by atoms with van der Waals surface area (Å²) < 4.78 is 0. The van der Waals surface area contributed by atoms with Gasteiger partial charge in [0.15, 0.2) is 0 Å². The van der Waals surface area contributed by atoms with Crippen LogP contribution in [0.15, 0.2) is 48.8 Å². The van der Waals surface area contributed by atoms with Crippen LogP contribution in [0.1, 0.15) is 24.8 Å². The molecule has 0 unspecified atom stereocenters. The van der Waals surface area contributed by atoms with Crippen molar-refractivity contribution in [2.45, 2.75) is 19.3 Å². The second-order valence-corrected chi connectivity index (χ2v) is 5.28. The van der Waals surface area contributed by atoms with Gasteiger partial charge >= 0.3 is 6.03 Å². The molecule has 1 aromatic heterocycles. The summed E-state index contributed by atoms with van der Waals surface area (Å²) in [6.45, 7) is 3.91. The van der Waals surface area contributed by atoms with E-state index in [9.17, 15) is 4.79 Å². The smallest absolute Gasteiger partial charge is 0.314 e. The van der Waals surface area contributed by atoms with Crippen molar-refractivity contribution < 1.29 is 4.79 Å². The van der Waals surface area contributed by atoms with Gasteiger partial charge in [-0.1, -0.05) is 37.3 Å². The van der Waals surface area contributed by atoms with Crippen molar-refractivity contribution in [2.24, 2.45) is 0 Å². The second-order valence-electron chi connectivity index (χ2n) is 5.28. The Kier molecular flexibility index (Phi) is 6.84. The van der Waals surface area contributed by atoms with E-state index in [2.05, 4.69) is 45.0 Å². The molecule has 1 heterocycles. The number of hydrogen-bond acceptors (Lipinski definition) is 4. The summed E-state index contributed by atoms with van der Waals surface area (Å²) in [5.41, 5.74) is 1.29. The molecule has 1 atom stereocenters. The highest BCUT2D eigenvalue weighted by Crippen LogP contribution is 2.17. The second kappa shape index (κ2) is 9.40. The standard InChI is InChI=1S/C17H23N5O/c1-14(15-6-3-2-4-7-15)8-11-21-17(23)22-13-12-20-16-18-9-5-10-19-16/h2-7,9-10,14H,8,11-13H2,1H3,(H,18,19,20)(H2,21,22,23)/t14-/m0/s1. The molecule has 3 N–H and O–H groups in total. The highest BCUT2D eigenvalue weighted by Gasteiger charge is 2.05. The van der Waals surface area contributed by atoms with Crippen molar-refractivity contribution in [3.05, 3.63) is 54.4 Å². The van der Waals surface area contributed by atoms with Gasteiger partial charge in [-0.25, -0.2) is 14.8 Å². The zero-order valence-electron chi connectivity index (χ0n) is 13.3. The van der Waals surface area contributed by atoms with Gasteiger partial charge in [0.1, 0.15) is 0 Å². The molecule has 1 aromatic carbocycles. The Hall–Kier alpha value is -2.63. The van der Waals surface area contributed by atoms with Crippen LogP contribution in [0.5, 0.6) is 0 Å². The first-order chi connectivity index (χ1) is 11.3. The Morgan fingerprint density at radius 1 is 1.00 bits per heavy atom. The predicted octanol–water partition coefficient (Wildman–Crippen LogP) is 2.38. The van der Waals surface area contributed by atoms with Crippen molar-refractivity contribution in [1.29, 1.82) is 0 Å². The molecule has 2 rings (SSSR count). The lowest BCUT2D eigenvalue weighted by Gasteiger charge is -2.13. The molecule has 6 heteroatoms. The minimum absolute atomic E-state index is 0.152. The summed E-state index contributed by atoms with van der Waals surface area (Å²) in [6, 6.07) is 11.9. The molecule has 122 valence electrons. The number of hydrogen-bond donors (Lipinski definition) is 3. The minimum Gasteiger partial charge on any atom is -0.352 e. The average Bonchev–Trinajstić information content (AvgIpc) is 2.60. The largest absolute Gasteiger partial charge is 0.352 e. The van der Waals surface area contributed by atoms with Crippen LogP contribution in [0.25, 0.3) is 0 Å². The van der Waals surface area contributed by atoms with Gasteiger partial charge in [0.05, 0.1) is 0 Å². The van der Waals surface area contributed by atoms with Crippen molar-refractivity contribution in [2.75, 3.05) is 25.0 Å². The Morgan fingerprint density at radius 2 is 1.70 bits per heavy atom. The fourth-order valence-corrected chi connectivity index (χ4v) is 2.15. The first kappa shape index (κ1) is 16.7. The molecule has 23 heavy (non-hydrogen) atoms. The van der Waals surface area contributed by atoms with E-state index in [4.69, 9.17) is 0 Å². The number of urea groups is 1. The molecule has 0 radical (unpaired) electrons. The number of rotatable bonds is 8. The quantitative estimate of drug-likeness (QED) is 0.654. The summed E-state index contributed by atoms with van der Waals surface area (Å²) in [5.74, 6) is 0.986. The Balaban J connectivity index is 1.55. The van der Waals surface area contributed by atoms with E-state index in [1.807, 2.05) is 18.2 Å². The van der Waals surface area contributed by atoms with Gasteiger partial charge in [0.25, 0.3) is 0 Å². The van der Waals surface area contributed by atoms with Crippen LogP contribution in [-0.2, 0) is 0 Å². The third-order valence-corrected chi connectivity index (χ3v) is 3.49. The topological polar surface area (TPSA) is 78.9 Å². The van der Waals surface area contributed by atoms with Crippen LogP contribution in [-0.4, -0.2) is 35.6 Å². The normalized spacial score (nSPS) is 11.5. The van der Waals surface area contributed by atoms with Crippen LogP contribution < -0.4 is 16.0 Å². The van der Waals surface area contributed by atoms with E-state index >= 15 is 0 Å². The molecule has 0 aliphatic rings. The molecule has 0 fully saturated rings. The first-order valence-electron chi connectivity index (χ1n) is 7.83. The molecule has 0 saturated heterocycles. The molecule has 0 spiro atoms. The lowest BCUT2D eigenvalue weighted by atomic mass is 9.98. The van der Waals surface area contributed by atoms with E-state index in [0.29, 0.717) is 31.5 Å². The van der Waals surface area contributed by atoms with Gasteiger partial charge in [-0.05, 0) is 24.0 Å². The summed E-state index contributed by atoms with van der Waals surface area (Å²) >= 11 is 0. The number of carbonyl (C=O) groups excluding carboxylic acids is 1. The number of carbonyl (C=O) groups is 1. The van der Waals surface area contributed by atoms with Crippen LogP contribution in [0, 0.1) is 0 Å². The third kappa shape index (κ3) is 6.34. The van der Waals surface area contributed by atoms with Gasteiger partial charge in [0, 0.05) is 32.0 Å². The van der Waals surface area contributed by atoms with Crippen molar-refractivity contribution in [1.82, 2.24) is 20.6 Å². The summed E-state index contributed by atoms with van der Waals surface area (Å²) in [6.07, 6.45) is 4.25. The number of nitrogens with zero attached hydrogens (tertiary/aromatic N) is 2. The molecule has 0 aliphatic heterocycles. The fourth-order valence-electron chi connectivity index (χ4n) is 2.15.